The highest BCUT2D eigenvalue weighted by Crippen LogP contribution is 1.88. The first-order chi connectivity index (χ1) is 5.66. The van der Waals surface area contributed by atoms with Crippen molar-refractivity contribution in [2.75, 3.05) is 26.8 Å². The molecule has 0 bridgehead atoms. The molecule has 0 aliphatic rings. The van der Waals surface area contributed by atoms with Crippen LogP contribution in [0.5, 0.6) is 0 Å². The number of halogens is 1. The van der Waals surface area contributed by atoms with E-state index in [1.165, 1.54) is 0 Å². The summed E-state index contributed by atoms with van der Waals surface area (Å²) in [5.41, 5.74) is 0. The summed E-state index contributed by atoms with van der Waals surface area (Å²) >= 11 is 0. The zero-order chi connectivity index (χ0) is 9.40. The topological polar surface area (TPSA) is 78.8 Å². The van der Waals surface area contributed by atoms with Crippen LogP contribution in [0, 0.1) is 0 Å². The molecular weight excluding hydrogens is 198 g/mol. The SMILES string of the molecule is COCCC(O)CNCC(=O)O.Cl. The second-order valence-electron chi connectivity index (χ2n) is 2.46. The predicted octanol–water partition coefficient (Wildman–Crippen LogP) is -0.520. The van der Waals surface area contributed by atoms with Gasteiger partial charge in [0.05, 0.1) is 12.6 Å². The lowest BCUT2D eigenvalue weighted by Crippen LogP contribution is -2.31. The Labute approximate surface area is 83.5 Å². The molecule has 0 aliphatic heterocycles. The van der Waals surface area contributed by atoms with E-state index in [4.69, 9.17) is 14.9 Å². The van der Waals surface area contributed by atoms with Gasteiger partial charge in [0.15, 0.2) is 0 Å². The Bertz CT molecular complexity index is 134. The molecule has 1 atom stereocenters. The summed E-state index contributed by atoms with van der Waals surface area (Å²) in [4.78, 5) is 10.0. The van der Waals surface area contributed by atoms with Crippen LogP contribution < -0.4 is 5.32 Å². The molecule has 0 rings (SSSR count). The summed E-state index contributed by atoms with van der Waals surface area (Å²) in [6, 6.07) is 0. The monoisotopic (exact) mass is 213 g/mol. The normalized spacial score (nSPS) is 11.8. The minimum absolute atomic E-state index is 0. The number of carboxylic acids is 1. The molecule has 5 nitrogen and oxygen atoms in total. The molecule has 1 unspecified atom stereocenters. The van der Waals surface area contributed by atoms with Crippen molar-refractivity contribution >= 4 is 18.4 Å². The highest BCUT2D eigenvalue weighted by atomic mass is 35.5. The van der Waals surface area contributed by atoms with Crippen LogP contribution in [0.4, 0.5) is 0 Å². The van der Waals surface area contributed by atoms with Crippen molar-refractivity contribution in [3.8, 4) is 0 Å². The molecule has 0 aliphatic carbocycles. The van der Waals surface area contributed by atoms with Gasteiger partial charge in [0.1, 0.15) is 0 Å². The Morgan fingerprint density at radius 2 is 2.23 bits per heavy atom. The van der Waals surface area contributed by atoms with Crippen LogP contribution in [0.25, 0.3) is 0 Å². The number of rotatable bonds is 7. The molecule has 80 valence electrons. The lowest BCUT2D eigenvalue weighted by Gasteiger charge is -2.09. The molecule has 6 heteroatoms. The van der Waals surface area contributed by atoms with Gasteiger partial charge in [0, 0.05) is 20.3 Å². The number of aliphatic carboxylic acids is 1. The number of carboxylic acid groups (broad SMARTS) is 1. The van der Waals surface area contributed by atoms with Gasteiger partial charge in [-0.05, 0) is 6.42 Å². The Balaban J connectivity index is 0. The maximum absolute atomic E-state index is 10.0. The van der Waals surface area contributed by atoms with E-state index in [0.29, 0.717) is 13.0 Å². The zero-order valence-corrected chi connectivity index (χ0v) is 8.34. The Kier molecular flexibility index (Phi) is 11.3. The molecule has 0 spiro atoms. The molecule has 0 saturated heterocycles. The fourth-order valence-corrected chi connectivity index (χ4v) is 0.702. The standard InChI is InChI=1S/C7H15NO4.ClH/c1-12-3-2-6(9)4-8-5-7(10)11;/h6,8-9H,2-5H2,1H3,(H,10,11);1H. The molecule has 0 aromatic rings. The van der Waals surface area contributed by atoms with Gasteiger partial charge < -0.3 is 20.3 Å². The lowest BCUT2D eigenvalue weighted by molar-refractivity contribution is -0.136. The third kappa shape index (κ3) is 11.6. The third-order valence-corrected chi connectivity index (χ3v) is 1.31. The van der Waals surface area contributed by atoms with Crippen molar-refractivity contribution in [1.82, 2.24) is 5.32 Å². The predicted molar refractivity (Wildman–Crippen MR) is 50.3 cm³/mol. The molecule has 0 heterocycles. The van der Waals surface area contributed by atoms with E-state index in [1.807, 2.05) is 0 Å². The number of aliphatic hydroxyl groups is 1. The van der Waals surface area contributed by atoms with E-state index in [1.54, 1.807) is 7.11 Å². The number of methoxy groups -OCH3 is 1. The number of ether oxygens (including phenoxy) is 1. The van der Waals surface area contributed by atoms with Crippen LogP contribution in [0.1, 0.15) is 6.42 Å². The fraction of sp³-hybridized carbons (Fsp3) is 0.857. The Hall–Kier alpha value is -0.360. The van der Waals surface area contributed by atoms with Gasteiger partial charge in [-0.1, -0.05) is 0 Å². The van der Waals surface area contributed by atoms with Crippen LogP contribution in [0.15, 0.2) is 0 Å². The maximum atomic E-state index is 10.0. The molecule has 0 amide bonds. The number of hydrogen-bond donors (Lipinski definition) is 3. The summed E-state index contributed by atoms with van der Waals surface area (Å²) < 4.78 is 4.74. The molecule has 0 aromatic heterocycles. The van der Waals surface area contributed by atoms with Crippen LogP contribution >= 0.6 is 12.4 Å². The van der Waals surface area contributed by atoms with Crippen molar-refractivity contribution < 1.29 is 19.7 Å². The molecule has 0 radical (unpaired) electrons. The summed E-state index contributed by atoms with van der Waals surface area (Å²) in [6.07, 6.45) is -0.0207. The number of carbonyl (C=O) groups is 1. The lowest BCUT2D eigenvalue weighted by atomic mass is 10.2. The number of nitrogens with one attached hydrogen (secondary N) is 1. The summed E-state index contributed by atoms with van der Waals surface area (Å²) in [5, 5.41) is 20.0. The van der Waals surface area contributed by atoms with E-state index in [9.17, 15) is 4.79 Å². The largest absolute Gasteiger partial charge is 0.480 e. The van der Waals surface area contributed by atoms with Gasteiger partial charge in [0.25, 0.3) is 0 Å². The first kappa shape index (κ1) is 15.1. The minimum Gasteiger partial charge on any atom is -0.480 e. The number of hydrogen-bond acceptors (Lipinski definition) is 4. The van der Waals surface area contributed by atoms with Gasteiger partial charge in [-0.25, -0.2) is 0 Å². The highest BCUT2D eigenvalue weighted by Gasteiger charge is 2.03. The van der Waals surface area contributed by atoms with Crippen LogP contribution in [-0.4, -0.2) is 49.1 Å². The van der Waals surface area contributed by atoms with E-state index in [-0.39, 0.29) is 25.5 Å². The van der Waals surface area contributed by atoms with Crippen molar-refractivity contribution in [3.63, 3.8) is 0 Å². The van der Waals surface area contributed by atoms with Gasteiger partial charge in [0.2, 0.25) is 0 Å². The first-order valence-corrected chi connectivity index (χ1v) is 3.76. The molecule has 0 saturated carbocycles. The van der Waals surface area contributed by atoms with Crippen LogP contribution in [-0.2, 0) is 9.53 Å². The highest BCUT2D eigenvalue weighted by molar-refractivity contribution is 5.85. The summed E-state index contributed by atoms with van der Waals surface area (Å²) in [7, 11) is 1.55. The summed E-state index contributed by atoms with van der Waals surface area (Å²) in [6.45, 7) is 0.648. The second kappa shape index (κ2) is 9.73. The molecule has 0 aromatic carbocycles. The third-order valence-electron chi connectivity index (χ3n) is 1.31. The van der Waals surface area contributed by atoms with E-state index in [2.05, 4.69) is 5.32 Å². The smallest absolute Gasteiger partial charge is 0.317 e. The van der Waals surface area contributed by atoms with Gasteiger partial charge in [-0.2, -0.15) is 0 Å². The molecule has 3 N–H and O–H groups in total. The quantitative estimate of drug-likeness (QED) is 0.531. The summed E-state index contributed by atoms with van der Waals surface area (Å²) in [5.74, 6) is -0.922. The van der Waals surface area contributed by atoms with Gasteiger partial charge in [-0.3, -0.25) is 4.79 Å². The average molecular weight is 214 g/mol. The van der Waals surface area contributed by atoms with Crippen LogP contribution in [0.2, 0.25) is 0 Å². The first-order valence-electron chi connectivity index (χ1n) is 3.76. The van der Waals surface area contributed by atoms with E-state index in [0.717, 1.165) is 0 Å². The van der Waals surface area contributed by atoms with Crippen molar-refractivity contribution in [1.29, 1.82) is 0 Å². The van der Waals surface area contributed by atoms with Crippen LogP contribution in [0.3, 0.4) is 0 Å². The van der Waals surface area contributed by atoms with Crippen molar-refractivity contribution in [2.45, 2.75) is 12.5 Å². The maximum Gasteiger partial charge on any atom is 0.317 e. The molecule has 0 fully saturated rings. The second-order valence-corrected chi connectivity index (χ2v) is 2.46. The minimum atomic E-state index is -0.922. The van der Waals surface area contributed by atoms with Gasteiger partial charge >= 0.3 is 5.97 Å². The molecule has 13 heavy (non-hydrogen) atoms. The molecular formula is C7H16ClNO4. The van der Waals surface area contributed by atoms with E-state index >= 15 is 0 Å². The average Bonchev–Trinajstić information content (AvgIpc) is 2.00. The van der Waals surface area contributed by atoms with E-state index < -0.39 is 12.1 Å². The van der Waals surface area contributed by atoms with Gasteiger partial charge in [-0.15, -0.1) is 12.4 Å². The Morgan fingerprint density at radius 1 is 1.62 bits per heavy atom. The Morgan fingerprint density at radius 3 is 2.69 bits per heavy atom. The zero-order valence-electron chi connectivity index (χ0n) is 7.52. The fourth-order valence-electron chi connectivity index (χ4n) is 0.702. The van der Waals surface area contributed by atoms with Crippen molar-refractivity contribution in [3.05, 3.63) is 0 Å². The van der Waals surface area contributed by atoms with Crippen molar-refractivity contribution in [2.24, 2.45) is 0 Å². The number of aliphatic hydroxyl groups excluding tert-OH is 1.